The fourth-order valence-electron chi connectivity index (χ4n) is 2.16. The highest BCUT2D eigenvalue weighted by molar-refractivity contribution is 7.92. The van der Waals surface area contributed by atoms with Crippen molar-refractivity contribution in [2.75, 3.05) is 4.72 Å². The van der Waals surface area contributed by atoms with Gasteiger partial charge in [0, 0.05) is 5.69 Å². The Morgan fingerprint density at radius 2 is 1.83 bits per heavy atom. The van der Waals surface area contributed by atoms with Gasteiger partial charge in [-0.3, -0.25) is 4.72 Å². The zero-order valence-electron chi connectivity index (χ0n) is 13.3. The van der Waals surface area contributed by atoms with E-state index in [0.717, 1.165) is 30.2 Å². The van der Waals surface area contributed by atoms with Crippen LogP contribution in [0.25, 0.3) is 0 Å². The Labute approximate surface area is 140 Å². The third kappa shape index (κ3) is 3.91. The number of carboxylic acids is 1. The molecule has 0 fully saturated rings. The van der Waals surface area contributed by atoms with Crippen LogP contribution in [0.2, 0.25) is 0 Å². The largest absolute Gasteiger partial charge is 0.478 e. The number of carbonyl (C=O) groups is 1. The van der Waals surface area contributed by atoms with Gasteiger partial charge >= 0.3 is 5.97 Å². The molecule has 0 bridgehead atoms. The van der Waals surface area contributed by atoms with Crippen LogP contribution in [0.1, 0.15) is 42.1 Å². The number of hydrogen-bond donors (Lipinski definition) is 2. The molecule has 0 heterocycles. The van der Waals surface area contributed by atoms with Crippen LogP contribution in [0.15, 0.2) is 47.4 Å². The minimum absolute atomic E-state index is 0.313. The van der Waals surface area contributed by atoms with Crippen molar-refractivity contribution in [2.45, 2.75) is 31.1 Å². The average Bonchev–Trinajstić information content (AvgIpc) is 2.54. The van der Waals surface area contributed by atoms with E-state index in [0.29, 0.717) is 11.6 Å². The van der Waals surface area contributed by atoms with Gasteiger partial charge in [0.05, 0.1) is 10.5 Å². The number of sulfonamides is 1. The van der Waals surface area contributed by atoms with Crippen LogP contribution in [-0.4, -0.2) is 19.5 Å². The first-order chi connectivity index (χ1) is 11.2. The molecule has 0 amide bonds. The summed E-state index contributed by atoms with van der Waals surface area (Å²) in [6.45, 7) is 4.14. The zero-order valence-corrected chi connectivity index (χ0v) is 14.1. The quantitative estimate of drug-likeness (QED) is 0.828. The summed E-state index contributed by atoms with van der Waals surface area (Å²) in [4.78, 5) is 10.6. The second kappa shape index (κ2) is 7.00. The molecule has 2 rings (SSSR count). The highest BCUT2D eigenvalue weighted by Crippen LogP contribution is 2.23. The summed E-state index contributed by atoms with van der Waals surface area (Å²) >= 11 is 0. The third-order valence-electron chi connectivity index (χ3n) is 3.82. The average molecular weight is 351 g/mol. The van der Waals surface area contributed by atoms with E-state index in [1.54, 1.807) is 12.1 Å². The van der Waals surface area contributed by atoms with Crippen LogP contribution in [0.3, 0.4) is 0 Å². The van der Waals surface area contributed by atoms with Gasteiger partial charge in [0.25, 0.3) is 10.0 Å². The van der Waals surface area contributed by atoms with Crippen LogP contribution in [-0.2, 0) is 10.0 Å². The minimum atomic E-state index is -4.00. The van der Waals surface area contributed by atoms with E-state index in [-0.39, 0.29) is 4.90 Å². The van der Waals surface area contributed by atoms with Crippen LogP contribution in [0.4, 0.5) is 10.1 Å². The number of anilines is 1. The minimum Gasteiger partial charge on any atom is -0.478 e. The molecule has 0 saturated heterocycles. The van der Waals surface area contributed by atoms with E-state index in [9.17, 15) is 17.6 Å². The van der Waals surface area contributed by atoms with Crippen molar-refractivity contribution in [3.63, 3.8) is 0 Å². The van der Waals surface area contributed by atoms with E-state index in [2.05, 4.69) is 18.6 Å². The molecular weight excluding hydrogens is 333 g/mol. The SMILES string of the molecule is CC[C@H](C)c1ccc(NS(=O)(=O)c2ccc(F)c(C(=O)O)c2)cc1. The Hall–Kier alpha value is -2.41. The van der Waals surface area contributed by atoms with Gasteiger partial charge in [0.1, 0.15) is 5.82 Å². The lowest BCUT2D eigenvalue weighted by Gasteiger charge is -2.12. The first kappa shape index (κ1) is 17.9. The van der Waals surface area contributed by atoms with Crippen LogP contribution in [0, 0.1) is 5.82 Å². The predicted molar refractivity (Wildman–Crippen MR) is 89.3 cm³/mol. The lowest BCUT2D eigenvalue weighted by molar-refractivity contribution is 0.0691. The van der Waals surface area contributed by atoms with Crippen molar-refractivity contribution in [2.24, 2.45) is 0 Å². The lowest BCUT2D eigenvalue weighted by atomic mass is 9.99. The van der Waals surface area contributed by atoms with Gasteiger partial charge in [0.2, 0.25) is 0 Å². The molecule has 0 aromatic heterocycles. The van der Waals surface area contributed by atoms with Gasteiger partial charge in [0.15, 0.2) is 0 Å². The number of hydrogen-bond acceptors (Lipinski definition) is 3. The first-order valence-corrected chi connectivity index (χ1v) is 8.88. The molecule has 5 nitrogen and oxygen atoms in total. The molecule has 0 aliphatic heterocycles. The molecule has 1 atom stereocenters. The van der Waals surface area contributed by atoms with E-state index in [1.807, 2.05) is 12.1 Å². The van der Waals surface area contributed by atoms with Crippen LogP contribution < -0.4 is 4.72 Å². The maximum Gasteiger partial charge on any atom is 0.338 e. The summed E-state index contributed by atoms with van der Waals surface area (Å²) in [5.41, 5.74) is 0.753. The molecule has 0 spiro atoms. The summed E-state index contributed by atoms with van der Waals surface area (Å²) in [6, 6.07) is 9.59. The van der Waals surface area contributed by atoms with Crippen LogP contribution in [0.5, 0.6) is 0 Å². The summed E-state index contributed by atoms with van der Waals surface area (Å²) in [7, 11) is -4.00. The fraction of sp³-hybridized carbons (Fsp3) is 0.235. The van der Waals surface area contributed by atoms with E-state index in [4.69, 9.17) is 5.11 Å². The molecule has 0 radical (unpaired) electrons. The summed E-state index contributed by atoms with van der Waals surface area (Å²) in [6.07, 6.45) is 0.971. The molecule has 0 saturated carbocycles. The Kier molecular flexibility index (Phi) is 5.23. The van der Waals surface area contributed by atoms with Crippen molar-refractivity contribution in [1.82, 2.24) is 0 Å². The normalized spacial score (nSPS) is 12.6. The maximum absolute atomic E-state index is 13.4. The number of aromatic carboxylic acids is 1. The number of rotatable bonds is 6. The van der Waals surface area contributed by atoms with E-state index in [1.165, 1.54) is 0 Å². The topological polar surface area (TPSA) is 83.5 Å². The maximum atomic E-state index is 13.4. The molecule has 7 heteroatoms. The molecule has 128 valence electrons. The van der Waals surface area contributed by atoms with Crippen molar-refractivity contribution >= 4 is 21.7 Å². The van der Waals surface area contributed by atoms with Gasteiger partial charge in [-0.05, 0) is 48.2 Å². The third-order valence-corrected chi connectivity index (χ3v) is 5.20. The van der Waals surface area contributed by atoms with Gasteiger partial charge in [-0.1, -0.05) is 26.0 Å². The van der Waals surface area contributed by atoms with Crippen molar-refractivity contribution in [3.05, 3.63) is 59.4 Å². The van der Waals surface area contributed by atoms with Gasteiger partial charge in [-0.15, -0.1) is 0 Å². The van der Waals surface area contributed by atoms with Crippen molar-refractivity contribution in [1.29, 1.82) is 0 Å². The number of halogens is 1. The zero-order chi connectivity index (χ0) is 17.9. The molecular formula is C17H18FNO4S. The number of nitrogens with one attached hydrogen (secondary N) is 1. The monoisotopic (exact) mass is 351 g/mol. The molecule has 2 N–H and O–H groups in total. The Morgan fingerprint density at radius 3 is 2.38 bits per heavy atom. The second-order valence-electron chi connectivity index (χ2n) is 5.48. The predicted octanol–water partition coefficient (Wildman–Crippen LogP) is 3.84. The summed E-state index contributed by atoms with van der Waals surface area (Å²) in [5.74, 6) is -2.15. The summed E-state index contributed by atoms with van der Waals surface area (Å²) in [5, 5.41) is 8.90. The highest BCUT2D eigenvalue weighted by Gasteiger charge is 2.19. The lowest BCUT2D eigenvalue weighted by Crippen LogP contribution is -2.14. The summed E-state index contributed by atoms with van der Waals surface area (Å²) < 4.78 is 40.4. The molecule has 0 unspecified atom stereocenters. The molecule has 24 heavy (non-hydrogen) atoms. The molecule has 0 aliphatic rings. The number of carboxylic acid groups (broad SMARTS) is 1. The second-order valence-corrected chi connectivity index (χ2v) is 7.17. The molecule has 0 aliphatic carbocycles. The molecule has 2 aromatic carbocycles. The standard InChI is InChI=1S/C17H18FNO4S/c1-3-11(2)12-4-6-13(7-5-12)19-24(22,23)14-8-9-16(18)15(10-14)17(20)21/h4-11,19H,3H2,1-2H3,(H,20,21)/t11-/m0/s1. The highest BCUT2D eigenvalue weighted by atomic mass is 32.2. The van der Waals surface area contributed by atoms with Crippen molar-refractivity contribution in [3.8, 4) is 0 Å². The van der Waals surface area contributed by atoms with E-state index >= 15 is 0 Å². The van der Waals surface area contributed by atoms with Crippen LogP contribution >= 0.6 is 0 Å². The molecule has 2 aromatic rings. The Morgan fingerprint density at radius 1 is 1.21 bits per heavy atom. The fourth-order valence-corrected chi connectivity index (χ4v) is 3.25. The van der Waals surface area contributed by atoms with Gasteiger partial charge in [-0.25, -0.2) is 17.6 Å². The van der Waals surface area contributed by atoms with Gasteiger partial charge in [-0.2, -0.15) is 0 Å². The van der Waals surface area contributed by atoms with E-state index < -0.39 is 27.4 Å². The number of benzene rings is 2. The van der Waals surface area contributed by atoms with Gasteiger partial charge < -0.3 is 5.11 Å². The Balaban J connectivity index is 2.28. The Bertz CT molecular complexity index is 847. The first-order valence-electron chi connectivity index (χ1n) is 7.40. The van der Waals surface area contributed by atoms with Crippen molar-refractivity contribution < 1.29 is 22.7 Å². The smallest absolute Gasteiger partial charge is 0.338 e.